The van der Waals surface area contributed by atoms with Crippen molar-refractivity contribution in [1.82, 2.24) is 15.0 Å². The lowest BCUT2D eigenvalue weighted by atomic mass is 10.2. The van der Waals surface area contributed by atoms with Gasteiger partial charge < -0.3 is 19.5 Å². The fourth-order valence-corrected chi connectivity index (χ4v) is 3.08. The molecule has 0 radical (unpaired) electrons. The highest BCUT2D eigenvalue weighted by Crippen LogP contribution is 2.23. The van der Waals surface area contributed by atoms with Crippen molar-refractivity contribution in [3.8, 4) is 0 Å². The number of carbonyl (C=O) groups is 2. The molecule has 1 aromatic heterocycles. The van der Waals surface area contributed by atoms with Gasteiger partial charge in [-0.1, -0.05) is 28.4 Å². The van der Waals surface area contributed by atoms with Gasteiger partial charge in [-0.3, -0.25) is 14.5 Å². The topological polar surface area (TPSA) is 87.9 Å². The van der Waals surface area contributed by atoms with Gasteiger partial charge in [-0.05, 0) is 18.2 Å². The van der Waals surface area contributed by atoms with E-state index in [1.165, 1.54) is 23.3 Å². The zero-order valence-electron chi connectivity index (χ0n) is 15.1. The maximum atomic E-state index is 13.0. The quantitative estimate of drug-likeness (QED) is 0.730. The molecule has 1 saturated heterocycles. The average Bonchev–Trinajstić information content (AvgIpc) is 3.20. The van der Waals surface area contributed by atoms with Crippen molar-refractivity contribution in [2.45, 2.75) is 0 Å². The van der Waals surface area contributed by atoms with Crippen LogP contribution in [0.15, 0.2) is 35.1 Å². The van der Waals surface area contributed by atoms with Crippen molar-refractivity contribution >= 4 is 40.8 Å². The second-order valence-electron chi connectivity index (χ2n) is 6.24. The zero-order chi connectivity index (χ0) is 19.9. The number of benzene rings is 1. The molecule has 0 spiro atoms. The van der Waals surface area contributed by atoms with Crippen LogP contribution in [0.2, 0.25) is 10.0 Å². The molecule has 150 valence electrons. The van der Waals surface area contributed by atoms with Gasteiger partial charge in [0.2, 0.25) is 5.91 Å². The first kappa shape index (κ1) is 20.6. The Kier molecular flexibility index (Phi) is 7.27. The standard InChI is InChI=1S/C18H20Cl2N4O4/c19-14-2-1-13(11-15(14)20)18(26)24(5-4-23-6-9-27-10-7-23)12-17(25)21-16-3-8-28-22-16/h1-3,8,11H,4-7,9-10,12H2,(H,21,22,25). The molecule has 0 saturated carbocycles. The van der Waals surface area contributed by atoms with Crippen LogP contribution in [0.5, 0.6) is 0 Å². The van der Waals surface area contributed by atoms with E-state index in [1.54, 1.807) is 12.1 Å². The molecular weight excluding hydrogens is 407 g/mol. The Bertz CT molecular complexity index is 810. The van der Waals surface area contributed by atoms with Gasteiger partial charge in [0, 0.05) is 37.8 Å². The van der Waals surface area contributed by atoms with Crippen molar-refractivity contribution in [2.75, 3.05) is 51.3 Å². The molecule has 0 atom stereocenters. The molecule has 1 aliphatic heterocycles. The number of anilines is 1. The maximum absolute atomic E-state index is 13.0. The van der Waals surface area contributed by atoms with Crippen molar-refractivity contribution in [3.63, 3.8) is 0 Å². The molecule has 0 unspecified atom stereocenters. The monoisotopic (exact) mass is 426 g/mol. The number of hydrogen-bond donors (Lipinski definition) is 1. The molecule has 1 aromatic carbocycles. The highest BCUT2D eigenvalue weighted by atomic mass is 35.5. The minimum atomic E-state index is -0.371. The second kappa shape index (κ2) is 9.88. The van der Waals surface area contributed by atoms with E-state index in [0.717, 1.165) is 13.1 Å². The number of amides is 2. The molecule has 10 heteroatoms. The summed E-state index contributed by atoms with van der Waals surface area (Å²) < 4.78 is 10.0. The summed E-state index contributed by atoms with van der Waals surface area (Å²) in [5.74, 6) is -0.383. The minimum Gasteiger partial charge on any atom is -0.379 e. The van der Waals surface area contributed by atoms with Crippen LogP contribution in [-0.4, -0.2) is 72.7 Å². The Morgan fingerprint density at radius 1 is 1.18 bits per heavy atom. The van der Waals surface area contributed by atoms with E-state index in [0.29, 0.717) is 42.7 Å². The summed E-state index contributed by atoms with van der Waals surface area (Å²) in [6, 6.07) is 6.18. The number of carbonyl (C=O) groups excluding carboxylic acids is 2. The van der Waals surface area contributed by atoms with Gasteiger partial charge in [0.15, 0.2) is 5.82 Å². The third-order valence-corrected chi connectivity index (χ3v) is 5.02. The summed E-state index contributed by atoms with van der Waals surface area (Å²) in [5.41, 5.74) is 0.366. The molecule has 1 fully saturated rings. The normalized spacial score (nSPS) is 14.6. The highest BCUT2D eigenvalue weighted by molar-refractivity contribution is 6.42. The Labute approximate surface area is 172 Å². The molecule has 28 heavy (non-hydrogen) atoms. The number of nitrogens with zero attached hydrogens (tertiary/aromatic N) is 3. The van der Waals surface area contributed by atoms with Crippen molar-refractivity contribution in [3.05, 3.63) is 46.1 Å². The smallest absolute Gasteiger partial charge is 0.254 e. The predicted molar refractivity (Wildman–Crippen MR) is 105 cm³/mol. The number of ether oxygens (including phenoxy) is 1. The summed E-state index contributed by atoms with van der Waals surface area (Å²) in [7, 11) is 0. The summed E-state index contributed by atoms with van der Waals surface area (Å²) in [4.78, 5) is 29.0. The van der Waals surface area contributed by atoms with E-state index in [1.807, 2.05) is 0 Å². The molecule has 2 heterocycles. The van der Waals surface area contributed by atoms with Gasteiger partial charge in [-0.25, -0.2) is 0 Å². The summed E-state index contributed by atoms with van der Waals surface area (Å²) in [5, 5.41) is 6.89. The van der Waals surface area contributed by atoms with Crippen LogP contribution in [-0.2, 0) is 9.53 Å². The molecule has 0 aliphatic carbocycles. The highest BCUT2D eigenvalue weighted by Gasteiger charge is 2.21. The second-order valence-corrected chi connectivity index (χ2v) is 7.06. The summed E-state index contributed by atoms with van der Waals surface area (Å²) >= 11 is 12.0. The molecule has 0 bridgehead atoms. The zero-order valence-corrected chi connectivity index (χ0v) is 16.6. The van der Waals surface area contributed by atoms with Crippen LogP contribution in [0, 0.1) is 0 Å². The van der Waals surface area contributed by atoms with Crippen LogP contribution < -0.4 is 5.32 Å². The largest absolute Gasteiger partial charge is 0.379 e. The van der Waals surface area contributed by atoms with Gasteiger partial charge in [0.1, 0.15) is 12.8 Å². The average molecular weight is 427 g/mol. The Balaban J connectivity index is 1.69. The van der Waals surface area contributed by atoms with Crippen molar-refractivity contribution in [2.24, 2.45) is 0 Å². The third-order valence-electron chi connectivity index (χ3n) is 4.28. The summed E-state index contributed by atoms with van der Waals surface area (Å²) in [6.45, 7) is 3.79. The molecule has 2 aromatic rings. The van der Waals surface area contributed by atoms with Gasteiger partial charge in [0.05, 0.1) is 23.3 Å². The fraction of sp³-hybridized carbons (Fsp3) is 0.389. The summed E-state index contributed by atoms with van der Waals surface area (Å²) in [6.07, 6.45) is 1.35. The minimum absolute atomic E-state index is 0.129. The van der Waals surface area contributed by atoms with E-state index < -0.39 is 0 Å². The van der Waals surface area contributed by atoms with Crippen molar-refractivity contribution in [1.29, 1.82) is 0 Å². The number of rotatable bonds is 7. The number of hydrogen-bond acceptors (Lipinski definition) is 6. The number of aromatic nitrogens is 1. The number of nitrogens with one attached hydrogen (secondary N) is 1. The number of morpholine rings is 1. The van der Waals surface area contributed by atoms with Crippen LogP contribution in [0.3, 0.4) is 0 Å². The lowest BCUT2D eigenvalue weighted by Gasteiger charge is -2.30. The Morgan fingerprint density at radius 2 is 1.96 bits per heavy atom. The van der Waals surface area contributed by atoms with Crippen LogP contribution in [0.4, 0.5) is 5.82 Å². The number of halogens is 2. The Morgan fingerprint density at radius 3 is 2.64 bits per heavy atom. The van der Waals surface area contributed by atoms with E-state index in [2.05, 4.69) is 15.4 Å². The first-order chi connectivity index (χ1) is 13.5. The lowest BCUT2D eigenvalue weighted by Crippen LogP contribution is -2.45. The third kappa shape index (κ3) is 5.68. The van der Waals surface area contributed by atoms with E-state index in [9.17, 15) is 9.59 Å². The maximum Gasteiger partial charge on any atom is 0.254 e. The molecule has 8 nitrogen and oxygen atoms in total. The molecule has 3 rings (SSSR count). The van der Waals surface area contributed by atoms with Crippen LogP contribution >= 0.6 is 23.2 Å². The molecule has 1 aliphatic rings. The van der Waals surface area contributed by atoms with Gasteiger partial charge in [-0.2, -0.15) is 0 Å². The van der Waals surface area contributed by atoms with E-state index in [4.69, 9.17) is 32.5 Å². The SMILES string of the molecule is O=C(CN(CCN1CCOCC1)C(=O)c1ccc(Cl)c(Cl)c1)Nc1ccon1. The Hall–Kier alpha value is -2.13. The molecular formula is C18H20Cl2N4O4. The van der Waals surface area contributed by atoms with E-state index >= 15 is 0 Å². The lowest BCUT2D eigenvalue weighted by molar-refractivity contribution is -0.117. The predicted octanol–water partition coefficient (Wildman–Crippen LogP) is 2.39. The van der Waals surface area contributed by atoms with Gasteiger partial charge in [-0.15, -0.1) is 0 Å². The first-order valence-electron chi connectivity index (χ1n) is 8.77. The first-order valence-corrected chi connectivity index (χ1v) is 9.53. The fourth-order valence-electron chi connectivity index (χ4n) is 2.78. The molecule has 1 N–H and O–H groups in total. The van der Waals surface area contributed by atoms with Crippen molar-refractivity contribution < 1.29 is 18.8 Å². The van der Waals surface area contributed by atoms with E-state index in [-0.39, 0.29) is 23.4 Å². The molecule has 2 amide bonds. The van der Waals surface area contributed by atoms with Gasteiger partial charge >= 0.3 is 0 Å². The van der Waals surface area contributed by atoms with Crippen LogP contribution in [0.25, 0.3) is 0 Å². The van der Waals surface area contributed by atoms with Crippen LogP contribution in [0.1, 0.15) is 10.4 Å². The van der Waals surface area contributed by atoms with Gasteiger partial charge in [0.25, 0.3) is 5.91 Å².